The fourth-order valence-electron chi connectivity index (χ4n) is 2.39. The predicted molar refractivity (Wildman–Crippen MR) is 79.7 cm³/mol. The van der Waals surface area contributed by atoms with Gasteiger partial charge in [0.2, 0.25) is 0 Å². The first-order valence-electron chi connectivity index (χ1n) is 7.30. The molecule has 2 N–H and O–H groups in total. The minimum Gasteiger partial charge on any atom is -0.482 e. The van der Waals surface area contributed by atoms with Gasteiger partial charge in [-0.05, 0) is 44.4 Å². The molecule has 1 saturated heterocycles. The Bertz CT molecular complexity index is 534. The van der Waals surface area contributed by atoms with E-state index in [1.807, 2.05) is 13.8 Å². The van der Waals surface area contributed by atoms with Crippen LogP contribution in [0.1, 0.15) is 38.3 Å². The number of amides is 1. The van der Waals surface area contributed by atoms with E-state index in [0.29, 0.717) is 12.4 Å². The van der Waals surface area contributed by atoms with Gasteiger partial charge >= 0.3 is 5.97 Å². The molecule has 120 valence electrons. The highest BCUT2D eigenvalue weighted by atomic mass is 16.5. The molecule has 1 aliphatic rings. The fourth-order valence-corrected chi connectivity index (χ4v) is 2.39. The van der Waals surface area contributed by atoms with Gasteiger partial charge in [0.15, 0.2) is 6.61 Å². The number of carboxylic acid groups (broad SMARTS) is 1. The van der Waals surface area contributed by atoms with Crippen LogP contribution in [0, 0.1) is 0 Å². The maximum absolute atomic E-state index is 12.3. The van der Waals surface area contributed by atoms with Crippen LogP contribution in [0.2, 0.25) is 0 Å². The number of carbonyl (C=O) groups is 2. The Morgan fingerprint density at radius 2 is 2.09 bits per heavy atom. The lowest BCUT2D eigenvalue weighted by atomic mass is 10.0. The third kappa shape index (κ3) is 3.98. The van der Waals surface area contributed by atoms with E-state index in [-0.39, 0.29) is 18.6 Å². The summed E-state index contributed by atoms with van der Waals surface area (Å²) in [5.74, 6) is -0.644. The van der Waals surface area contributed by atoms with Crippen molar-refractivity contribution in [2.24, 2.45) is 0 Å². The summed E-state index contributed by atoms with van der Waals surface area (Å²) in [6, 6.07) is 6.82. The lowest BCUT2D eigenvalue weighted by Crippen LogP contribution is -2.44. The Morgan fingerprint density at radius 1 is 1.41 bits per heavy atom. The second-order valence-electron chi connectivity index (χ2n) is 5.63. The minimum atomic E-state index is -1.02. The molecule has 1 heterocycles. The highest BCUT2D eigenvalue weighted by Crippen LogP contribution is 2.26. The molecule has 6 nitrogen and oxygen atoms in total. The largest absolute Gasteiger partial charge is 0.482 e. The van der Waals surface area contributed by atoms with Crippen LogP contribution in [0.4, 0.5) is 0 Å². The molecule has 1 fully saturated rings. The van der Waals surface area contributed by atoms with Crippen LogP contribution in [-0.4, -0.2) is 35.8 Å². The first kappa shape index (κ1) is 16.3. The molecule has 1 aromatic rings. The van der Waals surface area contributed by atoms with Crippen molar-refractivity contribution in [3.63, 3.8) is 0 Å². The van der Waals surface area contributed by atoms with Crippen LogP contribution in [0.3, 0.4) is 0 Å². The molecule has 6 heteroatoms. The number of rotatable bonds is 6. The molecule has 1 amide bonds. The van der Waals surface area contributed by atoms with Gasteiger partial charge in [0.25, 0.3) is 5.91 Å². The molecule has 0 bridgehead atoms. The van der Waals surface area contributed by atoms with E-state index in [4.69, 9.17) is 14.6 Å². The second-order valence-corrected chi connectivity index (χ2v) is 5.63. The summed E-state index contributed by atoms with van der Waals surface area (Å²) < 4.78 is 10.6. The SMILES string of the molecule is CC(NC(=O)C1(C)CCCO1)c1ccc(OCC(=O)O)cc1. The summed E-state index contributed by atoms with van der Waals surface area (Å²) in [6.07, 6.45) is 1.63. The van der Waals surface area contributed by atoms with Gasteiger partial charge in [-0.1, -0.05) is 12.1 Å². The number of aliphatic carboxylic acids is 1. The van der Waals surface area contributed by atoms with Crippen molar-refractivity contribution in [1.82, 2.24) is 5.32 Å². The van der Waals surface area contributed by atoms with Gasteiger partial charge in [0, 0.05) is 6.61 Å². The molecule has 1 aromatic carbocycles. The Hall–Kier alpha value is -2.08. The van der Waals surface area contributed by atoms with Gasteiger partial charge in [-0.15, -0.1) is 0 Å². The number of hydrogen-bond acceptors (Lipinski definition) is 4. The van der Waals surface area contributed by atoms with Crippen molar-refractivity contribution in [3.8, 4) is 5.75 Å². The molecular formula is C16H21NO5. The Balaban J connectivity index is 1.93. The molecule has 0 spiro atoms. The van der Waals surface area contributed by atoms with Gasteiger partial charge in [0.1, 0.15) is 11.4 Å². The highest BCUT2D eigenvalue weighted by molar-refractivity contribution is 5.85. The molecule has 0 aromatic heterocycles. The normalized spacial score (nSPS) is 22.1. The number of nitrogens with one attached hydrogen (secondary N) is 1. The quantitative estimate of drug-likeness (QED) is 0.838. The van der Waals surface area contributed by atoms with E-state index in [0.717, 1.165) is 18.4 Å². The zero-order chi connectivity index (χ0) is 16.2. The number of carboxylic acids is 1. The number of carbonyl (C=O) groups excluding carboxylic acids is 1. The summed E-state index contributed by atoms with van der Waals surface area (Å²) in [6.45, 7) is 3.95. The smallest absolute Gasteiger partial charge is 0.341 e. The Labute approximate surface area is 129 Å². The summed E-state index contributed by atoms with van der Waals surface area (Å²) >= 11 is 0. The van der Waals surface area contributed by atoms with Crippen molar-refractivity contribution in [1.29, 1.82) is 0 Å². The van der Waals surface area contributed by atoms with Gasteiger partial charge in [0.05, 0.1) is 6.04 Å². The average molecular weight is 307 g/mol. The van der Waals surface area contributed by atoms with Crippen molar-refractivity contribution in [3.05, 3.63) is 29.8 Å². The topological polar surface area (TPSA) is 84.9 Å². The summed E-state index contributed by atoms with van der Waals surface area (Å²) in [5.41, 5.74) is 0.177. The number of ether oxygens (including phenoxy) is 2. The summed E-state index contributed by atoms with van der Waals surface area (Å²) in [5, 5.41) is 11.5. The van der Waals surface area contributed by atoms with E-state index in [1.165, 1.54) is 0 Å². The molecule has 0 radical (unpaired) electrons. The maximum atomic E-state index is 12.3. The van der Waals surface area contributed by atoms with Crippen molar-refractivity contribution >= 4 is 11.9 Å². The fraction of sp³-hybridized carbons (Fsp3) is 0.500. The number of hydrogen-bond donors (Lipinski definition) is 2. The molecular weight excluding hydrogens is 286 g/mol. The van der Waals surface area contributed by atoms with Crippen molar-refractivity contribution in [2.75, 3.05) is 13.2 Å². The van der Waals surface area contributed by atoms with Gasteiger partial charge in [-0.2, -0.15) is 0 Å². The maximum Gasteiger partial charge on any atom is 0.341 e. The minimum absolute atomic E-state index is 0.108. The van der Waals surface area contributed by atoms with Crippen LogP contribution in [-0.2, 0) is 14.3 Å². The van der Waals surface area contributed by atoms with Crippen molar-refractivity contribution in [2.45, 2.75) is 38.3 Å². The zero-order valence-electron chi connectivity index (χ0n) is 12.8. The molecule has 2 unspecified atom stereocenters. The highest BCUT2D eigenvalue weighted by Gasteiger charge is 2.38. The zero-order valence-corrected chi connectivity index (χ0v) is 12.8. The summed E-state index contributed by atoms with van der Waals surface area (Å²) in [7, 11) is 0. The average Bonchev–Trinajstić information content (AvgIpc) is 2.93. The first-order chi connectivity index (χ1) is 10.4. The van der Waals surface area contributed by atoms with Crippen LogP contribution >= 0.6 is 0 Å². The Morgan fingerprint density at radius 3 is 2.64 bits per heavy atom. The number of benzene rings is 1. The van der Waals surface area contributed by atoms with Gasteiger partial charge in [-0.3, -0.25) is 4.79 Å². The van der Waals surface area contributed by atoms with Crippen LogP contribution in [0.25, 0.3) is 0 Å². The third-order valence-electron chi connectivity index (χ3n) is 3.79. The Kier molecular flexibility index (Phi) is 5.03. The van der Waals surface area contributed by atoms with Gasteiger partial charge in [-0.25, -0.2) is 4.79 Å². The van der Waals surface area contributed by atoms with E-state index in [9.17, 15) is 9.59 Å². The first-order valence-corrected chi connectivity index (χ1v) is 7.30. The molecule has 0 aliphatic carbocycles. The molecule has 0 saturated carbocycles. The second kappa shape index (κ2) is 6.79. The van der Waals surface area contributed by atoms with Crippen molar-refractivity contribution < 1.29 is 24.2 Å². The van der Waals surface area contributed by atoms with E-state index >= 15 is 0 Å². The van der Waals surface area contributed by atoms with Crippen LogP contribution < -0.4 is 10.1 Å². The van der Waals surface area contributed by atoms with Crippen LogP contribution in [0.5, 0.6) is 5.75 Å². The monoisotopic (exact) mass is 307 g/mol. The van der Waals surface area contributed by atoms with E-state index in [2.05, 4.69) is 5.32 Å². The lowest BCUT2D eigenvalue weighted by molar-refractivity contribution is -0.140. The van der Waals surface area contributed by atoms with E-state index < -0.39 is 11.6 Å². The lowest BCUT2D eigenvalue weighted by Gasteiger charge is -2.25. The molecule has 2 atom stereocenters. The standard InChI is InChI=1S/C16H21NO5/c1-11(17-15(20)16(2)8-3-9-22-16)12-4-6-13(7-5-12)21-10-14(18)19/h4-7,11H,3,8-10H2,1-2H3,(H,17,20)(H,18,19). The predicted octanol–water partition coefficient (Wildman–Crippen LogP) is 1.90. The summed E-state index contributed by atoms with van der Waals surface area (Å²) in [4.78, 5) is 22.7. The third-order valence-corrected chi connectivity index (χ3v) is 3.79. The molecule has 22 heavy (non-hydrogen) atoms. The van der Waals surface area contributed by atoms with E-state index in [1.54, 1.807) is 24.3 Å². The molecule has 2 rings (SSSR count). The van der Waals surface area contributed by atoms with Gasteiger partial charge < -0.3 is 19.9 Å². The molecule has 1 aliphatic heterocycles. The van der Waals surface area contributed by atoms with Crippen LogP contribution in [0.15, 0.2) is 24.3 Å².